The van der Waals surface area contributed by atoms with Gasteiger partial charge >= 0.3 is 5.97 Å². The average molecular weight is 271 g/mol. The predicted molar refractivity (Wildman–Crippen MR) is 68.1 cm³/mol. The van der Waals surface area contributed by atoms with Crippen LogP contribution in [-0.2, 0) is 14.8 Å². The van der Waals surface area contributed by atoms with E-state index in [9.17, 15) is 13.2 Å². The van der Waals surface area contributed by atoms with Gasteiger partial charge in [-0.25, -0.2) is 8.42 Å². The van der Waals surface area contributed by atoms with Gasteiger partial charge in [-0.05, 0) is 31.9 Å². The minimum absolute atomic E-state index is 0.192. The Morgan fingerprint density at radius 3 is 2.06 bits per heavy atom. The third kappa shape index (κ3) is 2.88. The van der Waals surface area contributed by atoms with Gasteiger partial charge in [0.2, 0.25) is 10.0 Å². The minimum atomic E-state index is -3.76. The van der Waals surface area contributed by atoms with Crippen molar-refractivity contribution in [1.82, 2.24) is 4.31 Å². The van der Waals surface area contributed by atoms with Crippen LogP contribution in [0.3, 0.4) is 0 Å². The summed E-state index contributed by atoms with van der Waals surface area (Å²) in [6, 6.07) is 3.54. The average Bonchev–Trinajstić information content (AvgIpc) is 2.13. The van der Waals surface area contributed by atoms with Crippen molar-refractivity contribution in [2.24, 2.45) is 0 Å². The van der Waals surface area contributed by atoms with Gasteiger partial charge in [0.25, 0.3) is 0 Å². The zero-order valence-electron chi connectivity index (χ0n) is 10.9. The summed E-state index contributed by atoms with van der Waals surface area (Å²) in [4.78, 5) is 10.8. The molecule has 0 saturated carbocycles. The minimum Gasteiger partial charge on any atom is -0.480 e. The zero-order chi connectivity index (χ0) is 14.1. The van der Waals surface area contributed by atoms with Gasteiger partial charge in [-0.1, -0.05) is 17.7 Å². The number of benzene rings is 1. The van der Waals surface area contributed by atoms with E-state index in [-0.39, 0.29) is 4.90 Å². The van der Waals surface area contributed by atoms with Gasteiger partial charge in [0, 0.05) is 7.05 Å². The van der Waals surface area contributed by atoms with Crippen molar-refractivity contribution in [3.05, 3.63) is 28.8 Å². The SMILES string of the molecule is Cc1cc(C)c(S(=O)(=O)N(C)CC(=O)O)c(C)c1. The largest absolute Gasteiger partial charge is 0.480 e. The summed E-state index contributed by atoms with van der Waals surface area (Å²) in [5.41, 5.74) is 2.24. The molecule has 0 fully saturated rings. The van der Waals surface area contributed by atoms with Gasteiger partial charge in [0.1, 0.15) is 6.54 Å². The summed E-state index contributed by atoms with van der Waals surface area (Å²) in [6.07, 6.45) is 0. The van der Waals surface area contributed by atoms with E-state index in [1.807, 2.05) is 6.92 Å². The number of hydrogen-bond acceptors (Lipinski definition) is 3. The molecule has 0 aromatic heterocycles. The Morgan fingerprint density at radius 1 is 1.22 bits per heavy atom. The normalized spacial score (nSPS) is 11.8. The van der Waals surface area contributed by atoms with E-state index in [0.29, 0.717) is 11.1 Å². The fraction of sp³-hybridized carbons (Fsp3) is 0.417. The lowest BCUT2D eigenvalue weighted by Gasteiger charge is -2.18. The zero-order valence-corrected chi connectivity index (χ0v) is 11.7. The third-order valence-electron chi connectivity index (χ3n) is 2.63. The molecule has 0 unspecified atom stereocenters. The van der Waals surface area contributed by atoms with E-state index >= 15 is 0 Å². The number of carboxylic acid groups (broad SMARTS) is 1. The molecule has 0 spiro atoms. The van der Waals surface area contributed by atoms with Crippen LogP contribution in [0.25, 0.3) is 0 Å². The molecule has 0 amide bonds. The van der Waals surface area contributed by atoms with Gasteiger partial charge in [0.15, 0.2) is 0 Å². The Morgan fingerprint density at radius 2 is 1.67 bits per heavy atom. The topological polar surface area (TPSA) is 74.7 Å². The maximum absolute atomic E-state index is 12.3. The Bertz CT molecular complexity index is 555. The number of aliphatic carboxylic acids is 1. The molecule has 0 saturated heterocycles. The van der Waals surface area contributed by atoms with Crippen LogP contribution in [-0.4, -0.2) is 37.4 Å². The van der Waals surface area contributed by atoms with E-state index in [1.165, 1.54) is 7.05 Å². The van der Waals surface area contributed by atoms with E-state index < -0.39 is 22.5 Å². The van der Waals surface area contributed by atoms with E-state index in [1.54, 1.807) is 26.0 Å². The quantitative estimate of drug-likeness (QED) is 0.896. The maximum Gasteiger partial charge on any atom is 0.318 e. The van der Waals surface area contributed by atoms with Gasteiger partial charge in [-0.2, -0.15) is 4.31 Å². The number of hydrogen-bond donors (Lipinski definition) is 1. The van der Waals surface area contributed by atoms with Crippen molar-refractivity contribution in [3.63, 3.8) is 0 Å². The summed E-state index contributed by atoms with van der Waals surface area (Å²) in [7, 11) is -2.49. The molecule has 5 nitrogen and oxygen atoms in total. The van der Waals surface area contributed by atoms with Crippen molar-refractivity contribution in [3.8, 4) is 0 Å². The first-order chi connectivity index (χ1) is 8.16. The monoisotopic (exact) mass is 271 g/mol. The summed E-state index contributed by atoms with van der Waals surface area (Å²) >= 11 is 0. The fourth-order valence-electron chi connectivity index (χ4n) is 2.00. The second-order valence-electron chi connectivity index (χ2n) is 4.38. The molecule has 0 aliphatic carbocycles. The highest BCUT2D eigenvalue weighted by molar-refractivity contribution is 7.89. The number of carboxylic acids is 1. The van der Waals surface area contributed by atoms with Crippen molar-refractivity contribution >= 4 is 16.0 Å². The molecular weight excluding hydrogens is 254 g/mol. The molecule has 0 bridgehead atoms. The van der Waals surface area contributed by atoms with Crippen LogP contribution in [0.4, 0.5) is 0 Å². The van der Waals surface area contributed by atoms with Crippen molar-refractivity contribution in [2.45, 2.75) is 25.7 Å². The van der Waals surface area contributed by atoms with E-state index in [4.69, 9.17) is 5.11 Å². The second-order valence-corrected chi connectivity index (χ2v) is 6.36. The van der Waals surface area contributed by atoms with Gasteiger partial charge in [0.05, 0.1) is 4.90 Å². The lowest BCUT2D eigenvalue weighted by atomic mass is 10.1. The maximum atomic E-state index is 12.3. The molecule has 6 heteroatoms. The number of nitrogens with zero attached hydrogens (tertiary/aromatic N) is 1. The Balaban J connectivity index is 3.33. The molecule has 0 radical (unpaired) electrons. The van der Waals surface area contributed by atoms with Crippen LogP contribution in [0.5, 0.6) is 0 Å². The van der Waals surface area contributed by atoms with Gasteiger partial charge in [-0.15, -0.1) is 0 Å². The Kier molecular flexibility index (Phi) is 4.13. The molecule has 18 heavy (non-hydrogen) atoms. The second kappa shape index (κ2) is 5.07. The highest BCUT2D eigenvalue weighted by Gasteiger charge is 2.26. The number of likely N-dealkylation sites (N-methyl/N-ethyl adjacent to an activating group) is 1. The molecule has 0 aliphatic rings. The summed E-state index contributed by atoms with van der Waals surface area (Å²) in [5.74, 6) is -1.18. The molecule has 1 aromatic carbocycles. The lowest BCUT2D eigenvalue weighted by Crippen LogP contribution is -2.32. The Labute approximate surface area is 107 Å². The lowest BCUT2D eigenvalue weighted by molar-refractivity contribution is -0.137. The summed E-state index contributed by atoms with van der Waals surface area (Å²) in [5, 5.41) is 8.67. The highest BCUT2D eigenvalue weighted by Crippen LogP contribution is 2.24. The molecule has 1 aromatic rings. The van der Waals surface area contributed by atoms with Crippen LogP contribution >= 0.6 is 0 Å². The highest BCUT2D eigenvalue weighted by atomic mass is 32.2. The summed E-state index contributed by atoms with van der Waals surface area (Å²) in [6.45, 7) is 4.76. The number of aryl methyl sites for hydroxylation is 3. The van der Waals surface area contributed by atoms with Crippen molar-refractivity contribution in [1.29, 1.82) is 0 Å². The van der Waals surface area contributed by atoms with Crippen LogP contribution < -0.4 is 0 Å². The Hall–Kier alpha value is -1.40. The van der Waals surface area contributed by atoms with Crippen LogP contribution in [0.1, 0.15) is 16.7 Å². The van der Waals surface area contributed by atoms with Crippen LogP contribution in [0.2, 0.25) is 0 Å². The standard InChI is InChI=1S/C12H17NO4S/c1-8-5-9(2)12(10(3)6-8)18(16,17)13(4)7-11(14)15/h5-6H,7H2,1-4H3,(H,14,15). The first-order valence-corrected chi connectivity index (χ1v) is 6.86. The van der Waals surface area contributed by atoms with Crippen molar-refractivity contribution < 1.29 is 18.3 Å². The van der Waals surface area contributed by atoms with Crippen LogP contribution in [0.15, 0.2) is 17.0 Å². The van der Waals surface area contributed by atoms with Crippen molar-refractivity contribution in [2.75, 3.05) is 13.6 Å². The van der Waals surface area contributed by atoms with Gasteiger partial charge < -0.3 is 5.11 Å². The first-order valence-electron chi connectivity index (χ1n) is 5.42. The molecule has 0 heterocycles. The van der Waals surface area contributed by atoms with Crippen LogP contribution in [0, 0.1) is 20.8 Å². The predicted octanol–water partition coefficient (Wildman–Crippen LogP) is 1.32. The van der Waals surface area contributed by atoms with E-state index in [2.05, 4.69) is 0 Å². The molecule has 1 rings (SSSR count). The fourth-order valence-corrected chi connectivity index (χ4v) is 3.53. The molecular formula is C12H17NO4S. The molecule has 100 valence electrons. The number of rotatable bonds is 4. The van der Waals surface area contributed by atoms with E-state index in [0.717, 1.165) is 9.87 Å². The summed E-state index contributed by atoms with van der Waals surface area (Å²) < 4.78 is 25.4. The molecule has 0 atom stereocenters. The number of carbonyl (C=O) groups is 1. The molecule has 0 aliphatic heterocycles. The first kappa shape index (κ1) is 14.7. The third-order valence-corrected chi connectivity index (χ3v) is 4.74. The smallest absolute Gasteiger partial charge is 0.318 e. The molecule has 1 N–H and O–H groups in total. The van der Waals surface area contributed by atoms with Gasteiger partial charge in [-0.3, -0.25) is 4.79 Å². The number of sulfonamides is 1.